The van der Waals surface area contributed by atoms with Crippen LogP contribution in [0.15, 0.2) is 243 Å². The standard InChI is InChI=1S/C108H92N4O28/c109-53-65-9-17-69(18-10-65)73-25-33-77(34-26-73)129-41-1-5-81-85-45-87(95(135-59-103(117)118)49-93(85)133-57-101(113)114)82(6-2-42-130-78-35-27-74(28-36-78)70-19-11-66(54-110)12-20-70)89-47-91(99(139-63-107(125)126)51-97(89)137-61-105(121)122)84(8-4-44-132-80-39-31-76(32-40-80)72-23-15-68(56-112)16-24-72)92-48-90(98(138-62-106(123)124)52-100(92)140-64-108(127)128)83(88-46-86(81)94(134-58-102(115)116)50-96(88)136-60-104(119)120)7-3-43-131-79-37-29-75(30-38-79)71-21-13-67(55-111)14-22-71/h9-40,45-52,81-84H,1-8,41-44,57-64H2,(H,113,114)(H,115,116)(H,117,118)(H,119,120)(H,121,122)(H,123,124)(H,125,126)(H,127,128). The lowest BCUT2D eigenvalue weighted by Gasteiger charge is -2.32. The molecule has 8 N–H and O–H groups in total. The van der Waals surface area contributed by atoms with Crippen molar-refractivity contribution in [2.45, 2.75) is 75.0 Å². The summed E-state index contributed by atoms with van der Waals surface area (Å²) in [4.78, 5) is 106. The van der Waals surface area contributed by atoms with Crippen molar-refractivity contribution in [3.63, 3.8) is 0 Å². The fraction of sp³-hybridized carbons (Fsp3) is 0.222. The summed E-state index contributed by atoms with van der Waals surface area (Å²) in [7, 11) is 0. The Bertz CT molecular complexity index is 5680. The van der Waals surface area contributed by atoms with E-state index in [4.69, 9.17) is 56.8 Å². The molecule has 0 unspecified atom stereocenters. The molecule has 13 rings (SSSR count). The Morgan fingerprint density at radius 2 is 0.336 bits per heavy atom. The van der Waals surface area contributed by atoms with Gasteiger partial charge in [0.25, 0.3) is 0 Å². The molecule has 32 heteroatoms. The van der Waals surface area contributed by atoms with E-state index in [1.165, 1.54) is 48.5 Å². The fourth-order valence-electron chi connectivity index (χ4n) is 16.4. The Hall–Kier alpha value is -18.0. The highest BCUT2D eigenvalue weighted by Gasteiger charge is 2.37. The molecule has 0 aliphatic heterocycles. The summed E-state index contributed by atoms with van der Waals surface area (Å²) < 4.78 is 77.2. The van der Waals surface area contributed by atoms with Gasteiger partial charge in [0.1, 0.15) is 69.0 Å². The zero-order valence-corrected chi connectivity index (χ0v) is 75.1. The maximum absolute atomic E-state index is 13.2. The van der Waals surface area contributed by atoms with Crippen molar-refractivity contribution in [3.8, 4) is 138 Å². The lowest BCUT2D eigenvalue weighted by molar-refractivity contribution is -0.140. The van der Waals surface area contributed by atoms with Crippen LogP contribution in [0.2, 0.25) is 0 Å². The van der Waals surface area contributed by atoms with Crippen LogP contribution in [-0.2, 0) is 38.4 Å². The molecule has 8 bridgehead atoms. The van der Waals surface area contributed by atoms with Gasteiger partial charge in [-0.25, -0.2) is 38.4 Å². The molecule has 140 heavy (non-hydrogen) atoms. The number of nitrogens with zero attached hydrogens (tertiary/aromatic N) is 4. The number of nitriles is 4. The largest absolute Gasteiger partial charge is 0.494 e. The molecule has 0 heterocycles. The minimum Gasteiger partial charge on any atom is -0.494 e. The van der Waals surface area contributed by atoms with Crippen LogP contribution in [0.25, 0.3) is 44.5 Å². The minimum absolute atomic E-state index is 0.00367. The van der Waals surface area contributed by atoms with Gasteiger partial charge in [0.2, 0.25) is 0 Å². The van der Waals surface area contributed by atoms with Crippen molar-refractivity contribution in [2.75, 3.05) is 79.3 Å². The monoisotopic (exact) mass is 1890 g/mol. The number of aliphatic carboxylic acids is 8. The molecule has 0 fully saturated rings. The van der Waals surface area contributed by atoms with Crippen molar-refractivity contribution >= 4 is 47.8 Å². The number of hydrogen-bond donors (Lipinski definition) is 8. The van der Waals surface area contributed by atoms with Crippen molar-refractivity contribution in [3.05, 3.63) is 309 Å². The highest BCUT2D eigenvalue weighted by molar-refractivity contribution is 5.76. The van der Waals surface area contributed by atoms with Gasteiger partial charge in [-0.1, -0.05) is 97.1 Å². The Morgan fingerprint density at radius 3 is 0.464 bits per heavy atom. The number of carbonyl (C=O) groups is 8. The normalized spacial score (nSPS) is 13.3. The van der Waals surface area contributed by atoms with Crippen LogP contribution in [-0.4, -0.2) is 168 Å². The number of rotatable bonds is 48. The Morgan fingerprint density at radius 1 is 0.200 bits per heavy atom. The Balaban J connectivity index is 1.10. The first-order chi connectivity index (χ1) is 67.8. The summed E-state index contributed by atoms with van der Waals surface area (Å²) >= 11 is 0. The molecule has 1 aliphatic rings. The molecule has 0 amide bonds. The van der Waals surface area contributed by atoms with Gasteiger partial charge < -0.3 is 97.7 Å². The third kappa shape index (κ3) is 27.2. The lowest BCUT2D eigenvalue weighted by atomic mass is 9.76. The molecule has 12 aromatic carbocycles. The van der Waals surface area contributed by atoms with Crippen LogP contribution in [0, 0.1) is 45.3 Å². The summed E-state index contributed by atoms with van der Waals surface area (Å²) in [6.45, 7) is -9.32. The SMILES string of the molecule is N#Cc1ccc(-c2ccc(OCCCC3c4cc(c(OCC(=O)O)cc4OCC(=O)O)C(CCCOc4ccc(-c5ccc(C#N)cc5)cc4)c4cc(c(OCC(=O)O)cc4OCC(=O)O)C(CCCOc4ccc(-c5ccc(C#N)cc5)cc4)c4cc(c(OCC(=O)O)cc4OCC(=O)O)C(CCCOc4ccc(-c5ccc(C#N)cc5)cc4)c4cc3c(OCC(=O)O)cc4OCC(=O)O)cc2)cc1. The molecule has 0 spiro atoms. The third-order valence-corrected chi connectivity index (χ3v) is 22.8. The van der Waals surface area contributed by atoms with Crippen LogP contribution in [0.1, 0.15) is 142 Å². The molecule has 712 valence electrons. The van der Waals surface area contributed by atoms with Crippen molar-refractivity contribution < 1.29 is 136 Å². The molecule has 0 aromatic heterocycles. The number of carboxylic acids is 8. The smallest absolute Gasteiger partial charge is 0.341 e. The first-order valence-corrected chi connectivity index (χ1v) is 44.2. The summed E-state index contributed by atoms with van der Waals surface area (Å²) in [6.07, 6.45) is -0.599. The van der Waals surface area contributed by atoms with Crippen LogP contribution >= 0.6 is 0 Å². The summed E-state index contributed by atoms with van der Waals surface area (Å²) in [6, 6.07) is 75.4. The van der Waals surface area contributed by atoms with E-state index >= 15 is 0 Å². The first kappa shape index (κ1) is 99.4. The topological polar surface area (TPSA) is 504 Å². The number of ether oxygens (including phenoxy) is 12. The second kappa shape index (κ2) is 48.2. The average molecular weight is 1890 g/mol. The molecule has 0 radical (unpaired) electrons. The summed E-state index contributed by atoms with van der Waals surface area (Å²) in [5, 5.41) is 124. The summed E-state index contributed by atoms with van der Waals surface area (Å²) in [5.41, 5.74) is 8.18. The quantitative estimate of drug-likeness (QED) is 0.0164. The van der Waals surface area contributed by atoms with Gasteiger partial charge in [-0.15, -0.1) is 0 Å². The zero-order valence-electron chi connectivity index (χ0n) is 75.1. The van der Waals surface area contributed by atoms with E-state index in [1.807, 2.05) is 0 Å². The van der Waals surface area contributed by atoms with Gasteiger partial charge in [-0.3, -0.25) is 0 Å². The van der Waals surface area contributed by atoms with Crippen molar-refractivity contribution in [1.29, 1.82) is 21.0 Å². The van der Waals surface area contributed by atoms with E-state index in [9.17, 15) is 100 Å². The molecular formula is C108H92N4O28. The maximum atomic E-state index is 13.2. The van der Waals surface area contributed by atoms with Gasteiger partial charge in [0.15, 0.2) is 52.9 Å². The van der Waals surface area contributed by atoms with Gasteiger partial charge in [0, 0.05) is 92.4 Å². The first-order valence-electron chi connectivity index (χ1n) is 44.2. The molecule has 0 atom stereocenters. The van der Waals surface area contributed by atoms with E-state index in [2.05, 4.69) is 24.3 Å². The molecule has 0 saturated heterocycles. The Labute approximate surface area is 802 Å². The Kier molecular flexibility index (Phi) is 34.3. The van der Waals surface area contributed by atoms with Gasteiger partial charge >= 0.3 is 47.8 Å². The summed E-state index contributed by atoms with van der Waals surface area (Å²) in [5.74, 6) is -18.5. The zero-order chi connectivity index (χ0) is 99.1. The average Bonchev–Trinajstić information content (AvgIpc) is 0.742. The lowest BCUT2D eigenvalue weighted by Crippen LogP contribution is -2.20. The van der Waals surface area contributed by atoms with E-state index in [0.29, 0.717) is 45.3 Å². The number of hydrogen-bond acceptors (Lipinski definition) is 24. The van der Waals surface area contributed by atoms with E-state index < -0.39 is 124 Å². The van der Waals surface area contributed by atoms with Crippen LogP contribution in [0.3, 0.4) is 0 Å². The number of fused-ring (bicyclic) bond motifs is 8. The van der Waals surface area contributed by atoms with Crippen LogP contribution in [0.4, 0.5) is 0 Å². The second-order valence-electron chi connectivity index (χ2n) is 32.2. The highest BCUT2D eigenvalue weighted by Crippen LogP contribution is 2.55. The van der Waals surface area contributed by atoms with E-state index in [-0.39, 0.29) is 168 Å². The highest BCUT2D eigenvalue weighted by atomic mass is 16.5. The predicted molar refractivity (Wildman–Crippen MR) is 503 cm³/mol. The minimum atomic E-state index is -1.52. The fourth-order valence-corrected chi connectivity index (χ4v) is 16.4. The van der Waals surface area contributed by atoms with Crippen molar-refractivity contribution in [1.82, 2.24) is 0 Å². The molecule has 1 aliphatic carbocycles. The van der Waals surface area contributed by atoms with Crippen LogP contribution < -0.4 is 56.8 Å². The molecule has 32 nitrogen and oxygen atoms in total. The van der Waals surface area contributed by atoms with E-state index in [0.717, 1.165) is 44.5 Å². The van der Waals surface area contributed by atoms with Gasteiger partial charge in [0.05, 0.1) is 73.0 Å². The number of benzene rings is 12. The molecular weight excluding hydrogens is 1800 g/mol. The van der Waals surface area contributed by atoms with Crippen LogP contribution in [0.5, 0.6) is 69.0 Å². The maximum Gasteiger partial charge on any atom is 0.341 e. The van der Waals surface area contributed by atoms with Gasteiger partial charge in [-0.05, 0) is 217 Å². The molecule has 0 saturated carbocycles. The number of carboxylic acid groups (broad SMARTS) is 8. The molecule has 12 aromatic rings. The predicted octanol–water partition coefficient (Wildman–Crippen LogP) is 17.8. The van der Waals surface area contributed by atoms with E-state index in [1.54, 1.807) is 194 Å². The second-order valence-corrected chi connectivity index (χ2v) is 32.2. The third-order valence-electron chi connectivity index (χ3n) is 22.8. The van der Waals surface area contributed by atoms with Gasteiger partial charge in [-0.2, -0.15) is 21.0 Å². The van der Waals surface area contributed by atoms with Crippen molar-refractivity contribution in [2.24, 2.45) is 0 Å².